The highest BCUT2D eigenvalue weighted by molar-refractivity contribution is 5.90. The first-order chi connectivity index (χ1) is 10.3. The fraction of sp³-hybridized carbons (Fsp3) is 0.500. The molecule has 5 heteroatoms. The number of carbonyl (C=O) groups excluding carboxylic acids is 1. The Morgan fingerprint density at radius 3 is 2.76 bits per heavy atom. The normalized spacial score (nSPS) is 14.0. The molecule has 112 valence electrons. The summed E-state index contributed by atoms with van der Waals surface area (Å²) in [5.74, 6) is -0.393. The highest BCUT2D eigenvalue weighted by atomic mass is 16.5. The first kappa shape index (κ1) is 15.3. The van der Waals surface area contributed by atoms with E-state index in [-0.39, 0.29) is 0 Å². The van der Waals surface area contributed by atoms with Crippen LogP contribution in [0.2, 0.25) is 0 Å². The molecule has 0 aromatic heterocycles. The maximum absolute atomic E-state index is 11.9. The van der Waals surface area contributed by atoms with Crippen molar-refractivity contribution in [1.82, 2.24) is 0 Å². The van der Waals surface area contributed by atoms with Gasteiger partial charge in [0.1, 0.15) is 6.07 Å². The van der Waals surface area contributed by atoms with Crippen LogP contribution in [0.1, 0.15) is 35.2 Å². The summed E-state index contributed by atoms with van der Waals surface area (Å²) in [6.07, 6.45) is 2.96. The molecule has 21 heavy (non-hydrogen) atoms. The zero-order valence-corrected chi connectivity index (χ0v) is 12.3. The zero-order chi connectivity index (χ0) is 15.1. The number of nitrogens with zero attached hydrogens (tertiary/aromatic N) is 2. The highest BCUT2D eigenvalue weighted by Gasteiger charge is 2.17. The molecule has 0 atom stereocenters. The lowest BCUT2D eigenvalue weighted by Crippen LogP contribution is -2.19. The number of rotatable bonds is 6. The average Bonchev–Trinajstić information content (AvgIpc) is 3.05. The van der Waals surface area contributed by atoms with Crippen LogP contribution >= 0.6 is 0 Å². The van der Waals surface area contributed by atoms with E-state index in [1.807, 2.05) is 6.07 Å². The topological polar surface area (TPSA) is 62.6 Å². The Morgan fingerprint density at radius 2 is 2.10 bits per heavy atom. The fourth-order valence-electron chi connectivity index (χ4n) is 2.44. The Kier molecular flexibility index (Phi) is 5.59. The van der Waals surface area contributed by atoms with Crippen LogP contribution in [0.25, 0.3) is 0 Å². The summed E-state index contributed by atoms with van der Waals surface area (Å²) in [5, 5.41) is 9.29. The van der Waals surface area contributed by atoms with Gasteiger partial charge in [0.05, 0.1) is 23.4 Å². The molecule has 1 aromatic rings. The number of methoxy groups -OCH3 is 1. The number of esters is 1. The van der Waals surface area contributed by atoms with E-state index in [2.05, 4.69) is 11.0 Å². The third-order valence-corrected chi connectivity index (χ3v) is 3.53. The molecular weight excluding hydrogens is 268 g/mol. The molecule has 5 nitrogen and oxygen atoms in total. The van der Waals surface area contributed by atoms with E-state index in [1.165, 1.54) is 0 Å². The van der Waals surface area contributed by atoms with Gasteiger partial charge in [0.25, 0.3) is 0 Å². The molecule has 1 heterocycles. The van der Waals surface area contributed by atoms with Gasteiger partial charge in [-0.2, -0.15) is 5.26 Å². The number of anilines is 1. The van der Waals surface area contributed by atoms with Crippen molar-refractivity contribution in [3.8, 4) is 6.07 Å². The molecule has 0 aliphatic carbocycles. The van der Waals surface area contributed by atoms with Crippen LogP contribution in [0.5, 0.6) is 0 Å². The number of ether oxygens (including phenoxy) is 2. The Morgan fingerprint density at radius 1 is 1.33 bits per heavy atom. The van der Waals surface area contributed by atoms with E-state index in [1.54, 1.807) is 19.2 Å². The molecular formula is C16H20N2O3. The number of nitriles is 1. The first-order valence-electron chi connectivity index (χ1n) is 7.21. The van der Waals surface area contributed by atoms with E-state index in [0.717, 1.165) is 31.6 Å². The van der Waals surface area contributed by atoms with Crippen LogP contribution in [0, 0.1) is 11.3 Å². The van der Waals surface area contributed by atoms with Crippen LogP contribution < -0.4 is 4.90 Å². The molecule has 0 unspecified atom stereocenters. The Labute approximate surface area is 125 Å². The molecule has 0 bridgehead atoms. The molecule has 0 N–H and O–H groups in total. The van der Waals surface area contributed by atoms with Gasteiger partial charge in [-0.05, 0) is 31.0 Å². The molecule has 1 aromatic carbocycles. The predicted octanol–water partition coefficient (Wildman–Crippen LogP) is 2.35. The average molecular weight is 288 g/mol. The highest BCUT2D eigenvalue weighted by Crippen LogP contribution is 2.25. The molecule has 0 amide bonds. The third-order valence-electron chi connectivity index (χ3n) is 3.53. The van der Waals surface area contributed by atoms with Crippen LogP contribution in [0.15, 0.2) is 18.2 Å². The maximum Gasteiger partial charge on any atom is 0.338 e. The molecule has 1 aliphatic rings. The lowest BCUT2D eigenvalue weighted by Gasteiger charge is -2.19. The summed E-state index contributed by atoms with van der Waals surface area (Å²) in [5.41, 5.74) is 1.86. The summed E-state index contributed by atoms with van der Waals surface area (Å²) in [4.78, 5) is 14.1. The minimum Gasteiger partial charge on any atom is -0.462 e. The third kappa shape index (κ3) is 3.96. The SMILES string of the molecule is COCCCOC(=O)c1ccc(N2CCCC2)c(C#N)c1. The summed E-state index contributed by atoms with van der Waals surface area (Å²) in [6.45, 7) is 2.82. The van der Waals surface area contributed by atoms with E-state index in [4.69, 9.17) is 9.47 Å². The Balaban J connectivity index is 2.04. The van der Waals surface area contributed by atoms with Crippen LogP contribution in [-0.2, 0) is 9.47 Å². The van der Waals surface area contributed by atoms with Crippen molar-refractivity contribution in [2.45, 2.75) is 19.3 Å². The van der Waals surface area contributed by atoms with E-state index in [9.17, 15) is 10.1 Å². The number of hydrogen-bond donors (Lipinski definition) is 0. The monoisotopic (exact) mass is 288 g/mol. The molecule has 0 saturated carbocycles. The second kappa shape index (κ2) is 7.65. The smallest absolute Gasteiger partial charge is 0.338 e. The fourth-order valence-corrected chi connectivity index (χ4v) is 2.44. The predicted molar refractivity (Wildman–Crippen MR) is 79.4 cm³/mol. The zero-order valence-electron chi connectivity index (χ0n) is 12.3. The number of hydrogen-bond acceptors (Lipinski definition) is 5. The largest absolute Gasteiger partial charge is 0.462 e. The van der Waals surface area contributed by atoms with Crippen molar-refractivity contribution in [2.24, 2.45) is 0 Å². The first-order valence-corrected chi connectivity index (χ1v) is 7.21. The standard InChI is InChI=1S/C16H20N2O3/c1-20-9-4-10-21-16(19)13-5-6-15(14(11-13)12-17)18-7-2-3-8-18/h5-6,11H,2-4,7-10H2,1H3. The van der Waals surface area contributed by atoms with Crippen molar-refractivity contribution in [3.63, 3.8) is 0 Å². The second-order valence-corrected chi connectivity index (χ2v) is 5.02. The Hall–Kier alpha value is -2.06. The molecule has 1 saturated heterocycles. The maximum atomic E-state index is 11.9. The summed E-state index contributed by atoms with van der Waals surface area (Å²) < 4.78 is 10.1. The quantitative estimate of drug-likeness (QED) is 0.594. The van der Waals surface area contributed by atoms with Gasteiger partial charge in [0, 0.05) is 33.2 Å². The van der Waals surface area contributed by atoms with Crippen molar-refractivity contribution >= 4 is 11.7 Å². The van der Waals surface area contributed by atoms with Gasteiger partial charge in [-0.25, -0.2) is 4.79 Å². The summed E-state index contributed by atoms with van der Waals surface area (Å²) in [7, 11) is 1.61. The van der Waals surface area contributed by atoms with Crippen LogP contribution in [-0.4, -0.2) is 39.4 Å². The van der Waals surface area contributed by atoms with Gasteiger partial charge in [0.15, 0.2) is 0 Å². The molecule has 0 spiro atoms. The van der Waals surface area contributed by atoms with Gasteiger partial charge in [0.2, 0.25) is 0 Å². The number of benzene rings is 1. The van der Waals surface area contributed by atoms with Crippen molar-refractivity contribution in [1.29, 1.82) is 5.26 Å². The lowest BCUT2D eigenvalue weighted by molar-refractivity contribution is 0.0468. The molecule has 2 rings (SSSR count). The molecule has 1 fully saturated rings. The number of carbonyl (C=O) groups is 1. The lowest BCUT2D eigenvalue weighted by atomic mass is 10.1. The molecule has 1 aliphatic heterocycles. The van der Waals surface area contributed by atoms with Gasteiger partial charge in [-0.1, -0.05) is 0 Å². The van der Waals surface area contributed by atoms with Crippen LogP contribution in [0.4, 0.5) is 5.69 Å². The van der Waals surface area contributed by atoms with Gasteiger partial charge in [-0.15, -0.1) is 0 Å². The van der Waals surface area contributed by atoms with Gasteiger partial charge < -0.3 is 14.4 Å². The minimum absolute atomic E-state index is 0.322. The minimum atomic E-state index is -0.393. The molecule has 0 radical (unpaired) electrons. The Bertz CT molecular complexity index is 531. The van der Waals surface area contributed by atoms with Crippen molar-refractivity contribution < 1.29 is 14.3 Å². The summed E-state index contributed by atoms with van der Waals surface area (Å²) in [6, 6.07) is 7.36. The second-order valence-electron chi connectivity index (χ2n) is 5.02. The van der Waals surface area contributed by atoms with Crippen molar-refractivity contribution in [2.75, 3.05) is 38.3 Å². The van der Waals surface area contributed by atoms with E-state index in [0.29, 0.717) is 30.8 Å². The van der Waals surface area contributed by atoms with Crippen molar-refractivity contribution in [3.05, 3.63) is 29.3 Å². The van der Waals surface area contributed by atoms with Gasteiger partial charge in [-0.3, -0.25) is 0 Å². The van der Waals surface area contributed by atoms with Gasteiger partial charge >= 0.3 is 5.97 Å². The van der Waals surface area contributed by atoms with E-state index >= 15 is 0 Å². The summed E-state index contributed by atoms with van der Waals surface area (Å²) >= 11 is 0. The van der Waals surface area contributed by atoms with Crippen LogP contribution in [0.3, 0.4) is 0 Å². The van der Waals surface area contributed by atoms with E-state index < -0.39 is 5.97 Å².